The molecule has 0 spiro atoms. The number of Topliss-reactive ketones (excluding diaryl/α,β-unsaturated/α-hetero) is 1. The molecule has 0 bridgehead atoms. The van der Waals surface area contributed by atoms with Crippen LogP contribution in [-0.4, -0.2) is 16.6 Å². The summed E-state index contributed by atoms with van der Waals surface area (Å²) in [6.07, 6.45) is 2.52. The molecule has 0 saturated heterocycles. The lowest BCUT2D eigenvalue weighted by Gasteiger charge is -2.02. The Balaban J connectivity index is 1.98. The maximum absolute atomic E-state index is 11.7. The van der Waals surface area contributed by atoms with Gasteiger partial charge in [0.2, 0.25) is 5.91 Å². The molecule has 7 heteroatoms. The number of hydrogen-bond donors (Lipinski definition) is 1. The third-order valence-corrected chi connectivity index (χ3v) is 2.75. The van der Waals surface area contributed by atoms with Gasteiger partial charge in [-0.25, -0.2) is 0 Å². The molecule has 1 heterocycles. The number of nitrogens with one attached hydrogen (secondary N) is 1. The Kier molecular flexibility index (Phi) is 4.47. The number of rotatable bonds is 5. The van der Waals surface area contributed by atoms with E-state index in [1.165, 1.54) is 31.2 Å². The van der Waals surface area contributed by atoms with Gasteiger partial charge >= 0.3 is 5.88 Å². The topological polar surface area (TPSA) is 102 Å². The number of nitrogens with zero attached hydrogens (tertiary/aromatic N) is 1. The minimum atomic E-state index is -0.659. The molecule has 1 aromatic carbocycles. The Morgan fingerprint density at radius 3 is 2.41 bits per heavy atom. The van der Waals surface area contributed by atoms with Crippen molar-refractivity contribution in [2.45, 2.75) is 6.92 Å². The molecule has 22 heavy (non-hydrogen) atoms. The molecule has 1 N–H and O–H groups in total. The molecule has 0 atom stereocenters. The summed E-state index contributed by atoms with van der Waals surface area (Å²) in [5, 5.41) is 13.0. The molecular formula is C15H12N2O5. The van der Waals surface area contributed by atoms with Crippen LogP contribution in [0.3, 0.4) is 0 Å². The van der Waals surface area contributed by atoms with E-state index in [0.29, 0.717) is 11.3 Å². The average Bonchev–Trinajstić information content (AvgIpc) is 2.95. The molecule has 2 aromatic rings. The molecule has 0 fully saturated rings. The molecule has 0 aliphatic rings. The van der Waals surface area contributed by atoms with Crippen LogP contribution in [0, 0.1) is 10.1 Å². The number of hydrogen-bond acceptors (Lipinski definition) is 5. The van der Waals surface area contributed by atoms with Crippen LogP contribution >= 0.6 is 0 Å². The molecular weight excluding hydrogens is 288 g/mol. The minimum Gasteiger partial charge on any atom is -0.401 e. The van der Waals surface area contributed by atoms with Gasteiger partial charge in [-0.15, -0.1) is 0 Å². The van der Waals surface area contributed by atoms with E-state index in [1.54, 1.807) is 24.3 Å². The highest BCUT2D eigenvalue weighted by Gasteiger charge is 2.10. The average molecular weight is 300 g/mol. The summed E-state index contributed by atoms with van der Waals surface area (Å²) in [5.41, 5.74) is 1.08. The van der Waals surface area contributed by atoms with Crippen molar-refractivity contribution in [2.24, 2.45) is 0 Å². The highest BCUT2D eigenvalue weighted by Crippen LogP contribution is 2.16. The minimum absolute atomic E-state index is 0.0582. The van der Waals surface area contributed by atoms with Gasteiger partial charge in [0.1, 0.15) is 10.7 Å². The molecule has 0 aliphatic carbocycles. The van der Waals surface area contributed by atoms with Gasteiger partial charge in [0.05, 0.1) is 6.07 Å². The van der Waals surface area contributed by atoms with E-state index in [0.717, 1.165) is 0 Å². The van der Waals surface area contributed by atoms with Gasteiger partial charge in [0.25, 0.3) is 0 Å². The van der Waals surface area contributed by atoms with Crippen molar-refractivity contribution in [3.63, 3.8) is 0 Å². The SMILES string of the molecule is CC(=O)c1ccc(NC(=O)/C=C/c2ccc([N+](=O)[O-])o2)cc1. The zero-order valence-electron chi connectivity index (χ0n) is 11.6. The number of amides is 1. The van der Waals surface area contributed by atoms with Gasteiger partial charge in [0, 0.05) is 17.3 Å². The lowest BCUT2D eigenvalue weighted by Crippen LogP contribution is -2.07. The van der Waals surface area contributed by atoms with Crippen molar-refractivity contribution < 1.29 is 18.9 Å². The Morgan fingerprint density at radius 2 is 1.86 bits per heavy atom. The van der Waals surface area contributed by atoms with Crippen molar-refractivity contribution in [1.29, 1.82) is 0 Å². The Hall–Kier alpha value is -3.22. The summed E-state index contributed by atoms with van der Waals surface area (Å²) in [7, 11) is 0. The van der Waals surface area contributed by atoms with Crippen LogP contribution in [0.1, 0.15) is 23.0 Å². The van der Waals surface area contributed by atoms with E-state index >= 15 is 0 Å². The van der Waals surface area contributed by atoms with Crippen LogP contribution in [0.4, 0.5) is 11.6 Å². The van der Waals surface area contributed by atoms with Crippen LogP contribution in [0.5, 0.6) is 0 Å². The monoisotopic (exact) mass is 300 g/mol. The zero-order chi connectivity index (χ0) is 16.1. The molecule has 0 aliphatic heterocycles. The van der Waals surface area contributed by atoms with Gasteiger partial charge in [-0.3, -0.25) is 19.7 Å². The predicted molar refractivity (Wildman–Crippen MR) is 79.5 cm³/mol. The summed E-state index contributed by atoms with van der Waals surface area (Å²) in [4.78, 5) is 32.6. The molecule has 0 radical (unpaired) electrons. The molecule has 2 rings (SSSR count). The fourth-order valence-corrected chi connectivity index (χ4v) is 1.66. The lowest BCUT2D eigenvalue weighted by molar-refractivity contribution is -0.402. The second-order valence-electron chi connectivity index (χ2n) is 4.39. The van der Waals surface area contributed by atoms with E-state index in [-0.39, 0.29) is 17.4 Å². The van der Waals surface area contributed by atoms with E-state index in [2.05, 4.69) is 5.32 Å². The predicted octanol–water partition coefficient (Wildman–Crippen LogP) is 3.04. The standard InChI is InChI=1S/C15H12N2O5/c1-10(18)11-2-4-12(5-3-11)16-14(19)8-6-13-7-9-15(22-13)17(20)21/h2-9H,1H3,(H,16,19)/b8-6+. The zero-order valence-corrected chi connectivity index (χ0v) is 11.6. The van der Waals surface area contributed by atoms with Crippen molar-refractivity contribution in [2.75, 3.05) is 5.32 Å². The number of anilines is 1. The summed E-state index contributed by atoms with van der Waals surface area (Å²) in [5.74, 6) is -0.666. The molecule has 0 saturated carbocycles. The summed E-state index contributed by atoms with van der Waals surface area (Å²) >= 11 is 0. The van der Waals surface area contributed by atoms with Gasteiger partial charge in [0.15, 0.2) is 5.78 Å². The van der Waals surface area contributed by atoms with Crippen LogP contribution in [0.2, 0.25) is 0 Å². The van der Waals surface area contributed by atoms with Crippen LogP contribution in [0.15, 0.2) is 46.9 Å². The van der Waals surface area contributed by atoms with E-state index in [4.69, 9.17) is 4.42 Å². The lowest BCUT2D eigenvalue weighted by atomic mass is 10.1. The Bertz CT molecular complexity index is 744. The fourth-order valence-electron chi connectivity index (χ4n) is 1.66. The number of carbonyl (C=O) groups excluding carboxylic acids is 2. The summed E-state index contributed by atoms with van der Waals surface area (Å²) in [6, 6.07) is 9.04. The third kappa shape index (κ3) is 3.89. The molecule has 0 unspecified atom stereocenters. The van der Waals surface area contributed by atoms with Crippen LogP contribution in [-0.2, 0) is 4.79 Å². The molecule has 112 valence electrons. The third-order valence-electron chi connectivity index (χ3n) is 2.75. The second kappa shape index (κ2) is 6.49. The first-order valence-corrected chi connectivity index (χ1v) is 6.30. The van der Waals surface area contributed by atoms with Crippen molar-refractivity contribution in [3.05, 3.63) is 63.9 Å². The van der Waals surface area contributed by atoms with Gasteiger partial charge in [-0.1, -0.05) is 0 Å². The van der Waals surface area contributed by atoms with Gasteiger partial charge < -0.3 is 9.73 Å². The number of nitro groups is 1. The number of carbonyl (C=O) groups is 2. The highest BCUT2D eigenvalue weighted by molar-refractivity contribution is 6.02. The maximum Gasteiger partial charge on any atom is 0.433 e. The molecule has 1 amide bonds. The largest absolute Gasteiger partial charge is 0.433 e. The summed E-state index contributed by atoms with van der Waals surface area (Å²) < 4.78 is 4.88. The molecule has 7 nitrogen and oxygen atoms in total. The highest BCUT2D eigenvalue weighted by atomic mass is 16.6. The first-order chi connectivity index (χ1) is 10.5. The normalized spacial score (nSPS) is 10.6. The van der Waals surface area contributed by atoms with Gasteiger partial charge in [-0.05, 0) is 43.3 Å². The van der Waals surface area contributed by atoms with E-state index < -0.39 is 10.8 Å². The fraction of sp³-hybridized carbons (Fsp3) is 0.0667. The first-order valence-electron chi connectivity index (χ1n) is 6.30. The van der Waals surface area contributed by atoms with Crippen molar-refractivity contribution in [3.8, 4) is 0 Å². The number of ketones is 1. The smallest absolute Gasteiger partial charge is 0.401 e. The Labute approximate surface area is 125 Å². The van der Waals surface area contributed by atoms with Gasteiger partial charge in [-0.2, -0.15) is 0 Å². The quantitative estimate of drug-likeness (QED) is 0.395. The maximum atomic E-state index is 11.7. The van der Waals surface area contributed by atoms with E-state index in [1.807, 2.05) is 0 Å². The van der Waals surface area contributed by atoms with E-state index in [9.17, 15) is 19.7 Å². The second-order valence-corrected chi connectivity index (χ2v) is 4.39. The summed E-state index contributed by atoms with van der Waals surface area (Å²) in [6.45, 7) is 1.46. The number of furan rings is 1. The van der Waals surface area contributed by atoms with Crippen LogP contribution in [0.25, 0.3) is 6.08 Å². The molecule has 1 aromatic heterocycles. The van der Waals surface area contributed by atoms with Crippen molar-refractivity contribution in [1.82, 2.24) is 0 Å². The van der Waals surface area contributed by atoms with Crippen LogP contribution < -0.4 is 5.32 Å². The number of benzene rings is 1. The first kappa shape index (κ1) is 15.2. The van der Waals surface area contributed by atoms with Crippen molar-refractivity contribution >= 4 is 29.3 Å². The Morgan fingerprint density at radius 1 is 1.18 bits per heavy atom.